The van der Waals surface area contributed by atoms with E-state index in [4.69, 9.17) is 4.74 Å². The molecule has 0 aromatic carbocycles. The standard InChI is InChI=1S/C8H10F3NO3S2/c1-15-6-2-5-16-7(6)17(13,14)12-4-3-8(9,10)11/h2,5,12H,3-4H2,1H3. The van der Waals surface area contributed by atoms with Crippen LogP contribution in [0.25, 0.3) is 0 Å². The topological polar surface area (TPSA) is 55.4 Å². The molecular formula is C8H10F3NO3S2. The molecule has 17 heavy (non-hydrogen) atoms. The number of hydrogen-bond acceptors (Lipinski definition) is 4. The van der Waals surface area contributed by atoms with Gasteiger partial charge in [-0.15, -0.1) is 11.3 Å². The molecule has 0 amide bonds. The Morgan fingerprint density at radius 2 is 2.12 bits per heavy atom. The number of methoxy groups -OCH3 is 1. The summed E-state index contributed by atoms with van der Waals surface area (Å²) < 4.78 is 65.3. The van der Waals surface area contributed by atoms with Gasteiger partial charge < -0.3 is 4.74 Å². The summed E-state index contributed by atoms with van der Waals surface area (Å²) in [6.45, 7) is -0.688. The molecule has 1 N–H and O–H groups in total. The predicted octanol–water partition coefficient (Wildman–Crippen LogP) is 1.99. The minimum Gasteiger partial charge on any atom is -0.494 e. The Labute approximate surface area is 100 Å². The average molecular weight is 289 g/mol. The van der Waals surface area contributed by atoms with Gasteiger partial charge in [0, 0.05) is 6.54 Å². The van der Waals surface area contributed by atoms with Crippen molar-refractivity contribution in [1.29, 1.82) is 0 Å². The highest BCUT2D eigenvalue weighted by Gasteiger charge is 2.28. The lowest BCUT2D eigenvalue weighted by Crippen LogP contribution is -2.27. The van der Waals surface area contributed by atoms with Crippen LogP contribution in [-0.2, 0) is 10.0 Å². The molecular weight excluding hydrogens is 279 g/mol. The van der Waals surface area contributed by atoms with E-state index in [1.165, 1.54) is 18.6 Å². The highest BCUT2D eigenvalue weighted by Crippen LogP contribution is 2.29. The van der Waals surface area contributed by atoms with Crippen molar-refractivity contribution in [3.8, 4) is 5.75 Å². The summed E-state index contributed by atoms with van der Waals surface area (Å²) in [7, 11) is -2.65. The monoisotopic (exact) mass is 289 g/mol. The van der Waals surface area contributed by atoms with Crippen LogP contribution in [0.5, 0.6) is 5.75 Å². The molecule has 0 spiro atoms. The molecule has 98 valence electrons. The molecule has 1 heterocycles. The fraction of sp³-hybridized carbons (Fsp3) is 0.500. The van der Waals surface area contributed by atoms with Crippen molar-refractivity contribution in [3.63, 3.8) is 0 Å². The van der Waals surface area contributed by atoms with Crippen molar-refractivity contribution in [3.05, 3.63) is 11.4 Å². The Kier molecular flexibility index (Phi) is 4.39. The molecule has 1 rings (SSSR count). The molecule has 1 aromatic rings. The zero-order chi connectivity index (χ0) is 13.1. The predicted molar refractivity (Wildman–Crippen MR) is 56.7 cm³/mol. The molecule has 0 unspecified atom stereocenters. The Hall–Kier alpha value is -0.800. The van der Waals surface area contributed by atoms with Crippen molar-refractivity contribution in [2.75, 3.05) is 13.7 Å². The molecule has 0 aliphatic carbocycles. The van der Waals surface area contributed by atoms with Crippen molar-refractivity contribution in [2.24, 2.45) is 0 Å². The van der Waals surface area contributed by atoms with Gasteiger partial charge in [0.05, 0.1) is 13.5 Å². The average Bonchev–Trinajstić information content (AvgIpc) is 2.63. The lowest BCUT2D eigenvalue weighted by atomic mass is 10.4. The fourth-order valence-electron chi connectivity index (χ4n) is 1.02. The summed E-state index contributed by atoms with van der Waals surface area (Å²) in [5, 5.41) is 1.48. The van der Waals surface area contributed by atoms with E-state index in [1.807, 2.05) is 4.72 Å². The molecule has 0 fully saturated rings. The second-order valence-electron chi connectivity index (χ2n) is 3.04. The minimum absolute atomic E-state index is 0.120. The van der Waals surface area contributed by atoms with E-state index in [-0.39, 0.29) is 9.96 Å². The summed E-state index contributed by atoms with van der Waals surface area (Å²) in [4.78, 5) is 0. The number of alkyl halides is 3. The fourth-order valence-corrected chi connectivity index (χ4v) is 3.37. The Morgan fingerprint density at radius 3 is 2.65 bits per heavy atom. The summed E-state index contributed by atoms with van der Waals surface area (Å²) in [5.74, 6) is 0.120. The van der Waals surface area contributed by atoms with Crippen LogP contribution >= 0.6 is 11.3 Å². The number of ether oxygens (including phenoxy) is 1. The number of halogens is 3. The van der Waals surface area contributed by atoms with Gasteiger partial charge in [-0.1, -0.05) is 0 Å². The van der Waals surface area contributed by atoms with Crippen molar-refractivity contribution < 1.29 is 26.3 Å². The van der Waals surface area contributed by atoms with Gasteiger partial charge in [0.15, 0.2) is 4.21 Å². The van der Waals surface area contributed by atoms with Crippen LogP contribution in [0.2, 0.25) is 0 Å². The van der Waals surface area contributed by atoms with Crippen LogP contribution in [0.3, 0.4) is 0 Å². The third-order valence-electron chi connectivity index (χ3n) is 1.76. The molecule has 9 heteroatoms. The highest BCUT2D eigenvalue weighted by atomic mass is 32.2. The van der Waals surface area contributed by atoms with E-state index in [9.17, 15) is 21.6 Å². The molecule has 0 radical (unpaired) electrons. The quantitative estimate of drug-likeness (QED) is 0.902. The van der Waals surface area contributed by atoms with Crippen molar-refractivity contribution >= 4 is 21.4 Å². The van der Waals surface area contributed by atoms with Gasteiger partial charge in [-0.2, -0.15) is 13.2 Å². The zero-order valence-corrected chi connectivity index (χ0v) is 10.4. The van der Waals surface area contributed by atoms with Gasteiger partial charge in [0.2, 0.25) is 0 Å². The number of sulfonamides is 1. The molecule has 0 saturated heterocycles. The summed E-state index contributed by atoms with van der Waals surface area (Å²) >= 11 is 0.882. The maximum atomic E-state index is 11.9. The van der Waals surface area contributed by atoms with Crippen LogP contribution in [0.4, 0.5) is 13.2 Å². The largest absolute Gasteiger partial charge is 0.494 e. The molecule has 0 atom stereocenters. The first kappa shape index (κ1) is 14.3. The number of thiophene rings is 1. The molecule has 4 nitrogen and oxygen atoms in total. The molecule has 0 bridgehead atoms. The maximum absolute atomic E-state index is 11.9. The van der Waals surface area contributed by atoms with Gasteiger partial charge in [0.1, 0.15) is 5.75 Å². The zero-order valence-electron chi connectivity index (χ0n) is 8.74. The molecule has 0 aliphatic rings. The van der Waals surface area contributed by atoms with E-state index >= 15 is 0 Å². The lowest BCUT2D eigenvalue weighted by Gasteiger charge is -2.08. The second-order valence-corrected chi connectivity index (χ2v) is 5.92. The SMILES string of the molecule is COc1ccsc1S(=O)(=O)NCCC(F)(F)F. The van der Waals surface area contributed by atoms with Crippen molar-refractivity contribution in [1.82, 2.24) is 4.72 Å². The first-order valence-corrected chi connectivity index (χ1v) is 6.80. The van der Waals surface area contributed by atoms with Gasteiger partial charge in [-0.25, -0.2) is 13.1 Å². The Bertz CT molecular complexity index is 467. The number of hydrogen-bond donors (Lipinski definition) is 1. The van der Waals surface area contributed by atoms with E-state index in [0.717, 1.165) is 11.3 Å². The Balaban J connectivity index is 2.70. The molecule has 0 aliphatic heterocycles. The lowest BCUT2D eigenvalue weighted by molar-refractivity contribution is -0.132. The molecule has 0 saturated carbocycles. The van der Waals surface area contributed by atoms with E-state index in [2.05, 4.69) is 0 Å². The summed E-state index contributed by atoms with van der Waals surface area (Å²) in [5.41, 5.74) is 0. The van der Waals surface area contributed by atoms with Crippen LogP contribution in [0.1, 0.15) is 6.42 Å². The first-order valence-electron chi connectivity index (χ1n) is 4.44. The number of rotatable bonds is 5. The number of nitrogens with one attached hydrogen (secondary N) is 1. The van der Waals surface area contributed by atoms with Crippen LogP contribution in [0, 0.1) is 0 Å². The van der Waals surface area contributed by atoms with Crippen LogP contribution in [0.15, 0.2) is 15.7 Å². The molecule has 1 aromatic heterocycles. The van der Waals surface area contributed by atoms with Gasteiger partial charge >= 0.3 is 6.18 Å². The highest BCUT2D eigenvalue weighted by molar-refractivity contribution is 7.91. The third-order valence-corrected chi connectivity index (χ3v) is 4.67. The van der Waals surface area contributed by atoms with Gasteiger partial charge in [-0.3, -0.25) is 0 Å². The minimum atomic E-state index is -4.39. The first-order chi connectivity index (χ1) is 7.76. The maximum Gasteiger partial charge on any atom is 0.390 e. The van der Waals surface area contributed by atoms with Gasteiger partial charge in [0.25, 0.3) is 10.0 Å². The van der Waals surface area contributed by atoms with Crippen LogP contribution < -0.4 is 9.46 Å². The summed E-state index contributed by atoms with van der Waals surface area (Å²) in [6.07, 6.45) is -5.60. The second kappa shape index (κ2) is 5.23. The summed E-state index contributed by atoms with van der Waals surface area (Å²) in [6, 6.07) is 1.43. The smallest absolute Gasteiger partial charge is 0.390 e. The van der Waals surface area contributed by atoms with Crippen molar-refractivity contribution in [2.45, 2.75) is 16.8 Å². The van der Waals surface area contributed by atoms with E-state index < -0.39 is 29.2 Å². The normalized spacial score (nSPS) is 12.7. The van der Waals surface area contributed by atoms with Crippen LogP contribution in [-0.4, -0.2) is 28.2 Å². The van der Waals surface area contributed by atoms with Gasteiger partial charge in [-0.05, 0) is 11.4 Å². The van der Waals surface area contributed by atoms with E-state index in [0.29, 0.717) is 0 Å². The van der Waals surface area contributed by atoms with E-state index in [1.54, 1.807) is 0 Å². The Morgan fingerprint density at radius 1 is 1.47 bits per heavy atom. The third kappa shape index (κ3) is 4.17.